The van der Waals surface area contributed by atoms with E-state index in [-0.39, 0.29) is 23.7 Å². The monoisotopic (exact) mass is 650 g/mol. The smallest absolute Gasteiger partial charge is 0.341 e. The molecule has 0 aromatic heterocycles. The molecule has 226 valence electrons. The van der Waals surface area contributed by atoms with E-state index in [1.54, 1.807) is 44.2 Å². The first kappa shape index (κ1) is 32.0. The molecule has 14 nitrogen and oxygen atoms in total. The van der Waals surface area contributed by atoms with Crippen LogP contribution in [0.25, 0.3) is 0 Å². The molecule has 0 fully saturated rings. The highest BCUT2D eigenvalue weighted by Gasteiger charge is 2.32. The molecule has 1 aliphatic heterocycles. The number of hydrogen-bond acceptors (Lipinski definition) is 11. The van der Waals surface area contributed by atoms with E-state index in [2.05, 4.69) is 37.1 Å². The van der Waals surface area contributed by atoms with Gasteiger partial charge in [0, 0.05) is 5.70 Å². The third kappa shape index (κ3) is 8.27. The molecule has 0 spiro atoms. The number of nitrogens with zero attached hydrogens (tertiary/aromatic N) is 1. The van der Waals surface area contributed by atoms with Crippen molar-refractivity contribution in [2.24, 2.45) is 5.10 Å². The lowest BCUT2D eigenvalue weighted by atomic mass is 9.95. The van der Waals surface area contributed by atoms with Gasteiger partial charge in [0.05, 0.1) is 43.1 Å². The van der Waals surface area contributed by atoms with Gasteiger partial charge in [-0.2, -0.15) is 5.10 Å². The van der Waals surface area contributed by atoms with Gasteiger partial charge in [-0.3, -0.25) is 5.43 Å². The maximum atomic E-state index is 12.4. The summed E-state index contributed by atoms with van der Waals surface area (Å²) in [5.74, 6) is -0.555. The van der Waals surface area contributed by atoms with Crippen LogP contribution in [0.15, 0.2) is 51.2 Å². The van der Waals surface area contributed by atoms with Gasteiger partial charge in [0.2, 0.25) is 0 Å². The molecule has 2 atom stereocenters. The molecule has 2 aromatic carbocycles. The largest absolute Gasteiger partial charge is 0.493 e. The number of aliphatic carboxylic acids is 1. The Hall–Kier alpha value is -4.50. The Balaban J connectivity index is 1.68. The number of amides is 2. The van der Waals surface area contributed by atoms with Gasteiger partial charge < -0.3 is 44.5 Å². The Morgan fingerprint density at radius 3 is 2.57 bits per heavy atom. The van der Waals surface area contributed by atoms with Crippen LogP contribution in [0.2, 0.25) is 0 Å². The summed E-state index contributed by atoms with van der Waals surface area (Å²) in [5, 5.41) is 28.5. The van der Waals surface area contributed by atoms with Gasteiger partial charge in [-0.1, -0.05) is 6.07 Å². The van der Waals surface area contributed by atoms with Crippen LogP contribution < -0.4 is 35.0 Å². The Morgan fingerprint density at radius 2 is 1.90 bits per heavy atom. The number of carbonyl (C=O) groups excluding carboxylic acids is 2. The number of carboxylic acid groups (broad SMARTS) is 1. The molecule has 0 saturated carbocycles. The molecule has 5 N–H and O–H groups in total. The zero-order valence-electron chi connectivity index (χ0n) is 23.2. The van der Waals surface area contributed by atoms with Crippen molar-refractivity contribution in [3.8, 4) is 23.0 Å². The van der Waals surface area contributed by atoms with Crippen LogP contribution in [-0.2, 0) is 14.3 Å². The van der Waals surface area contributed by atoms with E-state index < -0.39 is 36.8 Å². The fourth-order valence-electron chi connectivity index (χ4n) is 3.91. The SMILES string of the molecule is CCOc1cc([C@@H]2NC(=O)NC(C)=C2C(=O)OC)ccc1OC[C@H](O)N/N=C\c1cc(Br)c(OCC(=O)O)c(OC)c1. The summed E-state index contributed by atoms with van der Waals surface area (Å²) in [5.41, 5.74) is 4.29. The summed E-state index contributed by atoms with van der Waals surface area (Å²) in [6.07, 6.45) is 0.207. The molecule has 0 saturated heterocycles. The zero-order valence-corrected chi connectivity index (χ0v) is 24.8. The predicted molar refractivity (Wildman–Crippen MR) is 153 cm³/mol. The third-order valence-electron chi connectivity index (χ3n) is 5.70. The van der Waals surface area contributed by atoms with Crippen molar-refractivity contribution in [3.63, 3.8) is 0 Å². The summed E-state index contributed by atoms with van der Waals surface area (Å²) in [6.45, 7) is 2.96. The number of aliphatic hydroxyl groups excluding tert-OH is 1. The quantitative estimate of drug-likeness (QED) is 0.0875. The number of carbonyl (C=O) groups is 3. The summed E-state index contributed by atoms with van der Waals surface area (Å²) >= 11 is 3.32. The minimum atomic E-state index is -1.21. The fraction of sp³-hybridized carbons (Fsp3) is 0.333. The number of ether oxygens (including phenoxy) is 5. The van der Waals surface area contributed by atoms with Crippen LogP contribution in [0, 0.1) is 0 Å². The number of urea groups is 1. The van der Waals surface area contributed by atoms with E-state index in [0.717, 1.165) is 0 Å². The number of methoxy groups -OCH3 is 2. The lowest BCUT2D eigenvalue weighted by molar-refractivity contribution is -0.139. The average Bonchev–Trinajstić information content (AvgIpc) is 2.94. The van der Waals surface area contributed by atoms with Crippen LogP contribution in [0.5, 0.6) is 23.0 Å². The van der Waals surface area contributed by atoms with Crippen molar-refractivity contribution < 1.29 is 48.3 Å². The Morgan fingerprint density at radius 1 is 1.14 bits per heavy atom. The summed E-state index contributed by atoms with van der Waals surface area (Å²) in [7, 11) is 2.67. The number of nitrogens with one attached hydrogen (secondary N) is 3. The molecule has 42 heavy (non-hydrogen) atoms. The number of benzene rings is 2. The topological polar surface area (TPSA) is 186 Å². The van der Waals surface area contributed by atoms with Crippen molar-refractivity contribution >= 4 is 40.1 Å². The molecule has 2 amide bonds. The van der Waals surface area contributed by atoms with Crippen LogP contribution in [-0.4, -0.2) is 74.7 Å². The normalized spacial score (nSPS) is 15.4. The molecular formula is C27H31BrN4O10. The highest BCUT2D eigenvalue weighted by Crippen LogP contribution is 2.37. The lowest BCUT2D eigenvalue weighted by Crippen LogP contribution is -2.45. The third-order valence-corrected chi connectivity index (χ3v) is 6.29. The van der Waals surface area contributed by atoms with Crippen LogP contribution >= 0.6 is 15.9 Å². The lowest BCUT2D eigenvalue weighted by Gasteiger charge is -2.28. The number of halogens is 1. The predicted octanol–water partition coefficient (Wildman–Crippen LogP) is 2.44. The second kappa shape index (κ2) is 14.9. The zero-order chi connectivity index (χ0) is 30.8. The number of allylic oxidation sites excluding steroid dienone is 1. The van der Waals surface area contributed by atoms with Gasteiger partial charge in [-0.05, 0) is 65.2 Å². The molecule has 0 radical (unpaired) electrons. The van der Waals surface area contributed by atoms with Gasteiger partial charge >= 0.3 is 18.0 Å². The molecule has 1 aliphatic rings. The number of rotatable bonds is 14. The molecule has 0 bridgehead atoms. The molecule has 3 rings (SSSR count). The first-order valence-electron chi connectivity index (χ1n) is 12.5. The second-order valence-electron chi connectivity index (χ2n) is 8.63. The van der Waals surface area contributed by atoms with Crippen molar-refractivity contribution in [2.45, 2.75) is 26.1 Å². The maximum Gasteiger partial charge on any atom is 0.341 e. The van der Waals surface area contributed by atoms with E-state index in [1.165, 1.54) is 20.4 Å². The van der Waals surface area contributed by atoms with Crippen LogP contribution in [0.3, 0.4) is 0 Å². The molecular weight excluding hydrogens is 620 g/mol. The van der Waals surface area contributed by atoms with Gasteiger partial charge in [0.25, 0.3) is 0 Å². The molecule has 0 unspecified atom stereocenters. The fourth-order valence-corrected chi connectivity index (χ4v) is 4.48. The summed E-state index contributed by atoms with van der Waals surface area (Å²) in [6, 6.07) is 6.88. The number of aliphatic hydroxyl groups is 1. The van der Waals surface area contributed by atoms with Crippen molar-refractivity contribution in [1.29, 1.82) is 0 Å². The number of hydrogen-bond donors (Lipinski definition) is 5. The highest BCUT2D eigenvalue weighted by molar-refractivity contribution is 9.10. The molecule has 1 heterocycles. The first-order valence-corrected chi connectivity index (χ1v) is 13.3. The first-order chi connectivity index (χ1) is 20.1. The van der Waals surface area contributed by atoms with Crippen molar-refractivity contribution in [1.82, 2.24) is 16.1 Å². The van der Waals surface area contributed by atoms with Crippen LogP contribution in [0.4, 0.5) is 4.79 Å². The maximum absolute atomic E-state index is 12.4. The van der Waals surface area contributed by atoms with E-state index >= 15 is 0 Å². The number of carboxylic acids is 1. The summed E-state index contributed by atoms with van der Waals surface area (Å²) < 4.78 is 27.3. The second-order valence-corrected chi connectivity index (χ2v) is 9.49. The Bertz CT molecular complexity index is 1380. The van der Waals surface area contributed by atoms with Gasteiger partial charge in [0.15, 0.2) is 35.8 Å². The highest BCUT2D eigenvalue weighted by atomic mass is 79.9. The van der Waals surface area contributed by atoms with E-state index in [0.29, 0.717) is 39.4 Å². The Kier molecular flexibility index (Phi) is 11.4. The number of esters is 1. The average molecular weight is 651 g/mol. The standard InChI is InChI=1S/C27H31BrN4O10/c1-5-40-19-10-16(24-23(26(36)39-4)14(2)30-27(37)31-24)6-7-18(19)41-12-21(33)32-29-11-15-8-17(28)25(20(9-15)38-3)42-13-22(34)35/h6-11,21,24,32-33H,5,12-13H2,1-4H3,(H,34,35)(H2,30,31,37)/b29-11-/t21-,24-/m0/s1. The van der Waals surface area contributed by atoms with E-state index in [4.69, 9.17) is 28.8 Å². The van der Waals surface area contributed by atoms with Crippen LogP contribution in [0.1, 0.15) is 31.0 Å². The molecule has 0 aliphatic carbocycles. The molecule has 2 aromatic rings. The Labute approximate surface area is 249 Å². The van der Waals surface area contributed by atoms with Gasteiger partial charge in [-0.15, -0.1) is 0 Å². The number of hydrazone groups is 1. The minimum Gasteiger partial charge on any atom is -0.493 e. The van der Waals surface area contributed by atoms with E-state index in [1.807, 2.05) is 0 Å². The van der Waals surface area contributed by atoms with Crippen molar-refractivity contribution in [2.75, 3.05) is 34.0 Å². The summed E-state index contributed by atoms with van der Waals surface area (Å²) in [4.78, 5) is 35.3. The minimum absolute atomic E-state index is 0.206. The van der Waals surface area contributed by atoms with E-state index in [9.17, 15) is 19.5 Å². The molecule has 15 heteroatoms. The van der Waals surface area contributed by atoms with Crippen molar-refractivity contribution in [3.05, 3.63) is 57.2 Å². The van der Waals surface area contributed by atoms with Gasteiger partial charge in [0.1, 0.15) is 6.61 Å². The van der Waals surface area contributed by atoms with Gasteiger partial charge in [-0.25, -0.2) is 14.4 Å².